The van der Waals surface area contributed by atoms with Crippen LogP contribution in [0.1, 0.15) is 39.0 Å². The highest BCUT2D eigenvalue weighted by atomic mass is 16.4. The van der Waals surface area contributed by atoms with E-state index in [1.54, 1.807) is 4.90 Å². The average Bonchev–Trinajstić information content (AvgIpc) is 3.02. The van der Waals surface area contributed by atoms with Crippen LogP contribution in [0.5, 0.6) is 0 Å². The van der Waals surface area contributed by atoms with E-state index in [1.165, 1.54) is 0 Å². The number of nitrogens with one attached hydrogen (secondary N) is 1. The van der Waals surface area contributed by atoms with E-state index in [9.17, 15) is 9.59 Å². The molecule has 1 rings (SSSR count). The van der Waals surface area contributed by atoms with Crippen molar-refractivity contribution in [2.24, 2.45) is 0 Å². The third-order valence-corrected chi connectivity index (χ3v) is 2.62. The average molecular weight is 228 g/mol. The van der Waals surface area contributed by atoms with Gasteiger partial charge in [0, 0.05) is 19.1 Å². The van der Waals surface area contributed by atoms with Gasteiger partial charge >= 0.3 is 12.0 Å². The zero-order valence-electron chi connectivity index (χ0n) is 9.74. The van der Waals surface area contributed by atoms with Crippen molar-refractivity contribution < 1.29 is 14.7 Å². The van der Waals surface area contributed by atoms with E-state index in [1.807, 2.05) is 0 Å². The first-order valence-electron chi connectivity index (χ1n) is 5.91. The summed E-state index contributed by atoms with van der Waals surface area (Å²) in [5.41, 5.74) is 0. The van der Waals surface area contributed by atoms with Crippen LogP contribution in [-0.4, -0.2) is 41.1 Å². The van der Waals surface area contributed by atoms with Crippen LogP contribution in [-0.2, 0) is 4.79 Å². The topological polar surface area (TPSA) is 69.6 Å². The molecule has 1 aliphatic rings. The molecule has 16 heavy (non-hydrogen) atoms. The van der Waals surface area contributed by atoms with Crippen molar-refractivity contribution in [1.29, 1.82) is 0 Å². The number of carboxylic acids is 1. The van der Waals surface area contributed by atoms with Gasteiger partial charge in [0.15, 0.2) is 0 Å². The molecule has 0 bridgehead atoms. The van der Waals surface area contributed by atoms with Gasteiger partial charge < -0.3 is 15.3 Å². The van der Waals surface area contributed by atoms with Crippen LogP contribution in [0.4, 0.5) is 4.79 Å². The Labute approximate surface area is 95.8 Å². The molecule has 2 amide bonds. The summed E-state index contributed by atoms with van der Waals surface area (Å²) in [4.78, 5) is 23.9. The maximum atomic E-state index is 11.7. The van der Waals surface area contributed by atoms with E-state index in [2.05, 4.69) is 12.2 Å². The van der Waals surface area contributed by atoms with Gasteiger partial charge in [0.25, 0.3) is 0 Å². The minimum atomic E-state index is -0.855. The van der Waals surface area contributed by atoms with Crippen LogP contribution in [0.2, 0.25) is 0 Å². The van der Waals surface area contributed by atoms with Crippen LogP contribution in [0.3, 0.4) is 0 Å². The SMILES string of the molecule is CCCCNC(=O)N(CCC(=O)O)C1CC1. The fourth-order valence-electron chi connectivity index (χ4n) is 1.53. The Hall–Kier alpha value is -1.26. The number of carbonyl (C=O) groups excluding carboxylic acids is 1. The Kier molecular flexibility index (Phi) is 5.08. The first kappa shape index (κ1) is 12.8. The zero-order chi connectivity index (χ0) is 12.0. The fourth-order valence-corrected chi connectivity index (χ4v) is 1.53. The number of hydrogen-bond donors (Lipinski definition) is 2. The number of urea groups is 1. The molecule has 0 heterocycles. The van der Waals surface area contributed by atoms with Crippen molar-refractivity contribution in [2.75, 3.05) is 13.1 Å². The van der Waals surface area contributed by atoms with Crippen LogP contribution < -0.4 is 5.32 Å². The van der Waals surface area contributed by atoms with Crippen molar-refractivity contribution in [3.8, 4) is 0 Å². The van der Waals surface area contributed by atoms with E-state index in [0.29, 0.717) is 13.1 Å². The lowest BCUT2D eigenvalue weighted by Crippen LogP contribution is -2.42. The number of aliphatic carboxylic acids is 1. The van der Waals surface area contributed by atoms with Crippen LogP contribution >= 0.6 is 0 Å². The Morgan fingerprint density at radius 2 is 2.12 bits per heavy atom. The van der Waals surface area contributed by atoms with E-state index >= 15 is 0 Å². The van der Waals surface area contributed by atoms with Crippen molar-refractivity contribution in [3.63, 3.8) is 0 Å². The molecular formula is C11H20N2O3. The molecule has 1 fully saturated rings. The van der Waals surface area contributed by atoms with Crippen molar-refractivity contribution in [2.45, 2.75) is 45.1 Å². The largest absolute Gasteiger partial charge is 0.481 e. The van der Waals surface area contributed by atoms with Crippen molar-refractivity contribution in [1.82, 2.24) is 10.2 Å². The second-order valence-electron chi connectivity index (χ2n) is 4.15. The molecular weight excluding hydrogens is 208 g/mol. The minimum absolute atomic E-state index is 0.0255. The Balaban J connectivity index is 2.30. The minimum Gasteiger partial charge on any atom is -0.481 e. The Bertz CT molecular complexity index is 252. The molecule has 5 nitrogen and oxygen atoms in total. The van der Waals surface area contributed by atoms with E-state index in [-0.39, 0.29) is 18.5 Å². The lowest BCUT2D eigenvalue weighted by atomic mass is 10.3. The number of hydrogen-bond acceptors (Lipinski definition) is 2. The van der Waals surface area contributed by atoms with Crippen LogP contribution in [0.15, 0.2) is 0 Å². The van der Waals surface area contributed by atoms with E-state index < -0.39 is 5.97 Å². The Morgan fingerprint density at radius 3 is 2.62 bits per heavy atom. The van der Waals surface area contributed by atoms with Gasteiger partial charge in [0.1, 0.15) is 0 Å². The standard InChI is InChI=1S/C11H20N2O3/c1-2-3-7-12-11(16)13(9-4-5-9)8-6-10(14)15/h9H,2-8H2,1H3,(H,12,16)(H,14,15). The van der Waals surface area contributed by atoms with Gasteiger partial charge in [-0.1, -0.05) is 13.3 Å². The number of rotatable bonds is 7. The molecule has 0 saturated heterocycles. The van der Waals surface area contributed by atoms with Crippen molar-refractivity contribution >= 4 is 12.0 Å². The number of carboxylic acid groups (broad SMARTS) is 1. The fraction of sp³-hybridized carbons (Fsp3) is 0.818. The summed E-state index contributed by atoms with van der Waals surface area (Å²) < 4.78 is 0. The van der Waals surface area contributed by atoms with Gasteiger partial charge in [-0.2, -0.15) is 0 Å². The third-order valence-electron chi connectivity index (χ3n) is 2.62. The summed E-state index contributed by atoms with van der Waals surface area (Å²) in [5.74, 6) is -0.855. The number of amides is 2. The predicted molar refractivity (Wildman–Crippen MR) is 60.3 cm³/mol. The number of unbranched alkanes of at least 4 members (excludes halogenated alkanes) is 1. The summed E-state index contributed by atoms with van der Waals surface area (Å²) in [6.45, 7) is 3.05. The van der Waals surface area contributed by atoms with Crippen LogP contribution in [0, 0.1) is 0 Å². The first-order valence-corrected chi connectivity index (χ1v) is 5.91. The monoisotopic (exact) mass is 228 g/mol. The molecule has 0 aromatic rings. The molecule has 1 saturated carbocycles. The zero-order valence-corrected chi connectivity index (χ0v) is 9.74. The van der Waals surface area contributed by atoms with Gasteiger partial charge in [0.2, 0.25) is 0 Å². The molecule has 2 N–H and O–H groups in total. The molecule has 0 aliphatic heterocycles. The second-order valence-corrected chi connectivity index (χ2v) is 4.15. The molecule has 1 aliphatic carbocycles. The highest BCUT2D eigenvalue weighted by molar-refractivity contribution is 5.76. The highest BCUT2D eigenvalue weighted by Crippen LogP contribution is 2.26. The number of carbonyl (C=O) groups is 2. The van der Waals surface area contributed by atoms with Gasteiger partial charge in [0.05, 0.1) is 6.42 Å². The normalized spacial score (nSPS) is 14.6. The molecule has 0 radical (unpaired) electrons. The summed E-state index contributed by atoms with van der Waals surface area (Å²) in [6.07, 6.45) is 4.03. The molecule has 5 heteroatoms. The molecule has 0 unspecified atom stereocenters. The van der Waals surface area contributed by atoms with E-state index in [0.717, 1.165) is 25.7 Å². The Morgan fingerprint density at radius 1 is 1.44 bits per heavy atom. The summed E-state index contributed by atoms with van der Waals surface area (Å²) in [5, 5.41) is 11.4. The quantitative estimate of drug-likeness (QED) is 0.648. The molecule has 0 aromatic carbocycles. The van der Waals surface area contributed by atoms with Gasteiger partial charge in [-0.25, -0.2) is 4.79 Å². The predicted octanol–water partition coefficient (Wildman–Crippen LogP) is 1.44. The van der Waals surface area contributed by atoms with Gasteiger partial charge in [-0.05, 0) is 19.3 Å². The smallest absolute Gasteiger partial charge is 0.317 e. The molecule has 0 aromatic heterocycles. The van der Waals surface area contributed by atoms with Gasteiger partial charge in [-0.3, -0.25) is 4.79 Å². The lowest BCUT2D eigenvalue weighted by molar-refractivity contribution is -0.137. The maximum absolute atomic E-state index is 11.7. The first-order chi connectivity index (χ1) is 7.65. The van der Waals surface area contributed by atoms with Gasteiger partial charge in [-0.15, -0.1) is 0 Å². The summed E-state index contributed by atoms with van der Waals surface area (Å²) in [7, 11) is 0. The third kappa shape index (κ3) is 4.51. The number of nitrogens with zero attached hydrogens (tertiary/aromatic N) is 1. The highest BCUT2D eigenvalue weighted by Gasteiger charge is 2.32. The lowest BCUT2D eigenvalue weighted by Gasteiger charge is -2.21. The maximum Gasteiger partial charge on any atom is 0.317 e. The second kappa shape index (κ2) is 6.35. The molecule has 92 valence electrons. The van der Waals surface area contributed by atoms with E-state index in [4.69, 9.17) is 5.11 Å². The van der Waals surface area contributed by atoms with Crippen LogP contribution in [0.25, 0.3) is 0 Å². The summed E-state index contributed by atoms with van der Waals surface area (Å²) in [6, 6.07) is 0.151. The molecule has 0 spiro atoms. The van der Waals surface area contributed by atoms with Crippen molar-refractivity contribution in [3.05, 3.63) is 0 Å². The summed E-state index contributed by atoms with van der Waals surface area (Å²) >= 11 is 0. The molecule has 0 atom stereocenters.